The van der Waals surface area contributed by atoms with Crippen LogP contribution in [0.4, 0.5) is 0 Å². The van der Waals surface area contributed by atoms with Gasteiger partial charge in [0.1, 0.15) is 11.4 Å². The van der Waals surface area contributed by atoms with Crippen molar-refractivity contribution in [2.24, 2.45) is 12.8 Å². The molecule has 1 aliphatic carbocycles. The second-order valence-electron chi connectivity index (χ2n) is 9.67. The van der Waals surface area contributed by atoms with Crippen LogP contribution < -0.4 is 15.8 Å². The number of methoxy groups -OCH3 is 1. The number of pyridine rings is 2. The standard InChI is InChI=1S/C28H29N7O2/c1-35-15-18(12-32-35)22-11-19-23(13-30-22)33-27-26(19)25(24(37-2)14-31-27)16-7-9-17(10-8-16)28(36)34-21-6-4-3-5-20(21)29/h7-15,20-21H,3-6,29H2,1-2H3,(H,31,33)(H,34,36)/t20-,21-/m0/s1. The van der Waals surface area contributed by atoms with E-state index in [2.05, 4.69) is 25.4 Å². The molecule has 0 unspecified atom stereocenters. The van der Waals surface area contributed by atoms with Crippen molar-refractivity contribution in [2.75, 3.05) is 7.11 Å². The van der Waals surface area contributed by atoms with Crippen molar-refractivity contribution >= 4 is 27.8 Å². The van der Waals surface area contributed by atoms with Gasteiger partial charge in [-0.3, -0.25) is 14.5 Å². The first-order valence-corrected chi connectivity index (χ1v) is 12.5. The number of benzene rings is 1. The van der Waals surface area contributed by atoms with Crippen molar-refractivity contribution in [3.63, 3.8) is 0 Å². The molecule has 4 N–H and O–H groups in total. The molecule has 1 aliphatic rings. The molecule has 37 heavy (non-hydrogen) atoms. The Balaban J connectivity index is 1.41. The molecule has 4 heterocycles. The van der Waals surface area contributed by atoms with Crippen LogP contribution in [-0.4, -0.2) is 49.8 Å². The predicted molar refractivity (Wildman–Crippen MR) is 143 cm³/mol. The summed E-state index contributed by atoms with van der Waals surface area (Å²) >= 11 is 0. The van der Waals surface area contributed by atoms with E-state index in [1.54, 1.807) is 24.2 Å². The number of hydrogen-bond acceptors (Lipinski definition) is 6. The van der Waals surface area contributed by atoms with Gasteiger partial charge in [-0.05, 0) is 36.6 Å². The van der Waals surface area contributed by atoms with Gasteiger partial charge in [0.2, 0.25) is 0 Å². The number of carbonyl (C=O) groups excluding carboxylic acids is 1. The maximum Gasteiger partial charge on any atom is 0.251 e. The van der Waals surface area contributed by atoms with E-state index < -0.39 is 0 Å². The minimum absolute atomic E-state index is 0.0132. The molecule has 0 bridgehead atoms. The molecule has 1 fully saturated rings. The summed E-state index contributed by atoms with van der Waals surface area (Å²) in [4.78, 5) is 25.5. The lowest BCUT2D eigenvalue weighted by atomic mass is 9.91. The highest BCUT2D eigenvalue weighted by Gasteiger charge is 2.24. The summed E-state index contributed by atoms with van der Waals surface area (Å²) in [5.41, 5.74) is 12.0. The van der Waals surface area contributed by atoms with Crippen LogP contribution >= 0.6 is 0 Å². The molecule has 0 spiro atoms. The molecule has 2 atom stereocenters. The van der Waals surface area contributed by atoms with Crippen LogP contribution in [0.5, 0.6) is 5.75 Å². The molecule has 1 saturated carbocycles. The van der Waals surface area contributed by atoms with Gasteiger partial charge in [-0.2, -0.15) is 5.10 Å². The summed E-state index contributed by atoms with van der Waals surface area (Å²) in [6, 6.07) is 9.69. The van der Waals surface area contributed by atoms with E-state index in [9.17, 15) is 4.79 Å². The number of aromatic nitrogens is 5. The SMILES string of the molecule is COc1cnc2[nH]c3cnc(-c4cnn(C)c4)cc3c2c1-c1ccc(C(=O)N[C@H]2CCCC[C@@H]2N)cc1. The van der Waals surface area contributed by atoms with E-state index in [-0.39, 0.29) is 18.0 Å². The maximum atomic E-state index is 12.9. The summed E-state index contributed by atoms with van der Waals surface area (Å²) in [6.07, 6.45) is 11.4. The van der Waals surface area contributed by atoms with Crippen LogP contribution in [0.15, 0.2) is 55.1 Å². The van der Waals surface area contributed by atoms with E-state index in [1.165, 1.54) is 0 Å². The number of fused-ring (bicyclic) bond motifs is 3. The normalized spacial score (nSPS) is 17.8. The third kappa shape index (κ3) is 4.21. The molecule has 6 rings (SSSR count). The lowest BCUT2D eigenvalue weighted by Crippen LogP contribution is -2.49. The molecule has 1 aromatic carbocycles. The smallest absolute Gasteiger partial charge is 0.251 e. The lowest BCUT2D eigenvalue weighted by Gasteiger charge is -2.29. The molecule has 1 amide bonds. The zero-order valence-corrected chi connectivity index (χ0v) is 20.9. The number of aryl methyl sites for hydroxylation is 1. The van der Waals surface area contributed by atoms with E-state index >= 15 is 0 Å². The second-order valence-corrected chi connectivity index (χ2v) is 9.67. The van der Waals surface area contributed by atoms with Gasteiger partial charge in [0, 0.05) is 52.8 Å². The Morgan fingerprint density at radius 2 is 1.92 bits per heavy atom. The second kappa shape index (κ2) is 9.33. The Morgan fingerprint density at radius 1 is 1.11 bits per heavy atom. The Labute approximate surface area is 214 Å². The van der Waals surface area contributed by atoms with Crippen molar-refractivity contribution < 1.29 is 9.53 Å². The number of hydrogen-bond donors (Lipinski definition) is 3. The molecule has 188 valence electrons. The van der Waals surface area contributed by atoms with Gasteiger partial charge < -0.3 is 20.8 Å². The van der Waals surface area contributed by atoms with Crippen LogP contribution in [-0.2, 0) is 7.05 Å². The van der Waals surface area contributed by atoms with E-state index in [0.717, 1.165) is 70.0 Å². The topological polar surface area (TPSA) is 124 Å². The number of H-pyrrole nitrogens is 1. The molecular formula is C28H29N7O2. The van der Waals surface area contributed by atoms with Gasteiger partial charge >= 0.3 is 0 Å². The lowest BCUT2D eigenvalue weighted by molar-refractivity contribution is 0.0921. The van der Waals surface area contributed by atoms with Gasteiger partial charge in [0.05, 0.1) is 36.9 Å². The third-order valence-electron chi connectivity index (χ3n) is 7.26. The van der Waals surface area contributed by atoms with Gasteiger partial charge in [-0.1, -0.05) is 25.0 Å². The van der Waals surface area contributed by atoms with Crippen molar-refractivity contribution in [1.82, 2.24) is 30.0 Å². The minimum atomic E-state index is -0.0972. The molecule has 0 saturated heterocycles. The van der Waals surface area contributed by atoms with Gasteiger partial charge in [0.15, 0.2) is 0 Å². The predicted octanol–water partition coefficient (Wildman–Crippen LogP) is 4.19. The van der Waals surface area contributed by atoms with Gasteiger partial charge in [0.25, 0.3) is 5.91 Å². The Hall–Kier alpha value is -4.24. The highest BCUT2D eigenvalue weighted by molar-refractivity contribution is 6.14. The number of nitrogens with one attached hydrogen (secondary N) is 2. The van der Waals surface area contributed by atoms with E-state index in [0.29, 0.717) is 11.3 Å². The van der Waals surface area contributed by atoms with Crippen LogP contribution in [0.2, 0.25) is 0 Å². The molecule has 5 aromatic rings. The monoisotopic (exact) mass is 495 g/mol. The Morgan fingerprint density at radius 3 is 2.65 bits per heavy atom. The summed E-state index contributed by atoms with van der Waals surface area (Å²) < 4.78 is 7.49. The van der Waals surface area contributed by atoms with Crippen LogP contribution in [0, 0.1) is 0 Å². The van der Waals surface area contributed by atoms with Crippen molar-refractivity contribution in [3.05, 3.63) is 60.7 Å². The van der Waals surface area contributed by atoms with E-state index in [4.69, 9.17) is 10.5 Å². The fourth-order valence-corrected chi connectivity index (χ4v) is 5.27. The highest BCUT2D eigenvalue weighted by atomic mass is 16.5. The fraction of sp³-hybridized carbons (Fsp3) is 0.286. The molecular weight excluding hydrogens is 466 g/mol. The summed E-state index contributed by atoms with van der Waals surface area (Å²) in [6.45, 7) is 0. The Kier molecular flexibility index (Phi) is 5.84. The first kappa shape index (κ1) is 23.2. The highest BCUT2D eigenvalue weighted by Crippen LogP contribution is 2.40. The average Bonchev–Trinajstić information content (AvgIpc) is 3.52. The molecule has 0 aliphatic heterocycles. The molecule has 9 heteroatoms. The van der Waals surface area contributed by atoms with Crippen molar-refractivity contribution in [2.45, 2.75) is 37.8 Å². The maximum absolute atomic E-state index is 12.9. The van der Waals surface area contributed by atoms with Crippen LogP contribution in [0.1, 0.15) is 36.0 Å². The zero-order chi connectivity index (χ0) is 25.5. The number of amides is 1. The molecule has 0 radical (unpaired) electrons. The number of nitrogens with zero attached hydrogens (tertiary/aromatic N) is 4. The number of rotatable bonds is 5. The largest absolute Gasteiger partial charge is 0.494 e. The first-order valence-electron chi connectivity index (χ1n) is 12.5. The summed E-state index contributed by atoms with van der Waals surface area (Å²) in [5.74, 6) is 0.554. The van der Waals surface area contributed by atoms with Gasteiger partial charge in [-0.25, -0.2) is 4.98 Å². The average molecular weight is 496 g/mol. The molecule has 4 aromatic heterocycles. The first-order chi connectivity index (χ1) is 18.0. The summed E-state index contributed by atoms with van der Waals surface area (Å²) in [5, 5.41) is 9.32. The number of ether oxygens (including phenoxy) is 1. The minimum Gasteiger partial charge on any atom is -0.494 e. The Bertz CT molecular complexity index is 1600. The van der Waals surface area contributed by atoms with Crippen LogP contribution in [0.3, 0.4) is 0 Å². The summed E-state index contributed by atoms with van der Waals surface area (Å²) in [7, 11) is 3.52. The number of nitrogens with two attached hydrogens (primary N) is 1. The van der Waals surface area contributed by atoms with Gasteiger partial charge in [-0.15, -0.1) is 0 Å². The molecule has 9 nitrogen and oxygen atoms in total. The van der Waals surface area contributed by atoms with Crippen molar-refractivity contribution in [3.8, 4) is 28.1 Å². The number of aromatic amines is 1. The van der Waals surface area contributed by atoms with E-state index in [1.807, 2.05) is 49.8 Å². The van der Waals surface area contributed by atoms with Crippen LogP contribution in [0.25, 0.3) is 44.3 Å². The quantitative estimate of drug-likeness (QED) is 0.336. The number of carbonyl (C=O) groups is 1. The van der Waals surface area contributed by atoms with Crippen molar-refractivity contribution in [1.29, 1.82) is 0 Å². The zero-order valence-electron chi connectivity index (χ0n) is 20.9. The third-order valence-corrected chi connectivity index (χ3v) is 7.26. The fourth-order valence-electron chi connectivity index (χ4n) is 5.27.